The second-order valence-corrected chi connectivity index (χ2v) is 7.52. The number of nitrogens with zero attached hydrogens (tertiary/aromatic N) is 3. The molecule has 28 heavy (non-hydrogen) atoms. The van der Waals surface area contributed by atoms with Gasteiger partial charge >= 0.3 is 0 Å². The lowest BCUT2D eigenvalue weighted by Crippen LogP contribution is -2.30. The zero-order valence-corrected chi connectivity index (χ0v) is 15.8. The van der Waals surface area contributed by atoms with E-state index in [2.05, 4.69) is 19.9 Å². The second-order valence-electron chi connectivity index (χ2n) is 5.83. The van der Waals surface area contributed by atoms with E-state index in [1.54, 1.807) is 37.3 Å². The second kappa shape index (κ2) is 7.74. The smallest absolute Gasteiger partial charge is 0.293 e. The maximum atomic E-state index is 13.0. The first-order valence-corrected chi connectivity index (χ1v) is 9.59. The van der Waals surface area contributed by atoms with Crippen LogP contribution in [0.3, 0.4) is 0 Å². The van der Waals surface area contributed by atoms with Gasteiger partial charge in [0, 0.05) is 0 Å². The van der Waals surface area contributed by atoms with Crippen LogP contribution in [0.5, 0.6) is 5.75 Å². The number of benzene rings is 2. The highest BCUT2D eigenvalue weighted by Gasteiger charge is 2.31. The Morgan fingerprint density at radius 3 is 2.50 bits per heavy atom. The van der Waals surface area contributed by atoms with Crippen molar-refractivity contribution >= 4 is 15.7 Å². The van der Waals surface area contributed by atoms with E-state index in [1.165, 1.54) is 13.2 Å². The highest BCUT2D eigenvalue weighted by Crippen LogP contribution is 2.30. The summed E-state index contributed by atoms with van der Waals surface area (Å²) < 4.78 is 33.4. The number of rotatable bonds is 7. The molecule has 1 heterocycles. The number of methoxy groups -OCH3 is 1. The molecule has 11 heteroatoms. The van der Waals surface area contributed by atoms with Crippen LogP contribution in [-0.2, 0) is 10.0 Å². The number of hydrogen-bond acceptors (Lipinski definition) is 7. The zero-order valence-electron chi connectivity index (χ0n) is 15.0. The number of ether oxygens (including phenoxy) is 1. The van der Waals surface area contributed by atoms with Gasteiger partial charge in [-0.1, -0.05) is 30.3 Å². The molecule has 146 valence electrons. The molecule has 2 aromatic carbocycles. The fourth-order valence-electron chi connectivity index (χ4n) is 2.62. The van der Waals surface area contributed by atoms with Gasteiger partial charge in [-0.3, -0.25) is 15.2 Å². The lowest BCUT2D eigenvalue weighted by molar-refractivity contribution is -0.387. The van der Waals surface area contributed by atoms with Crippen LogP contribution in [0.1, 0.15) is 23.3 Å². The third-order valence-electron chi connectivity index (χ3n) is 3.93. The lowest BCUT2D eigenvalue weighted by atomic mass is 10.1. The van der Waals surface area contributed by atoms with Crippen molar-refractivity contribution in [1.29, 1.82) is 0 Å². The van der Waals surface area contributed by atoms with E-state index < -0.39 is 31.6 Å². The van der Waals surface area contributed by atoms with Crippen molar-refractivity contribution in [2.24, 2.45) is 0 Å². The van der Waals surface area contributed by atoms with Gasteiger partial charge in [-0.15, -0.1) is 0 Å². The molecule has 0 spiro atoms. The van der Waals surface area contributed by atoms with Gasteiger partial charge in [-0.25, -0.2) is 13.4 Å². The molecule has 0 aliphatic carbocycles. The minimum Gasteiger partial charge on any atom is -0.497 e. The largest absolute Gasteiger partial charge is 0.497 e. The Labute approximate surface area is 160 Å². The van der Waals surface area contributed by atoms with E-state index in [0.717, 1.165) is 12.1 Å². The minimum atomic E-state index is -4.29. The monoisotopic (exact) mass is 403 g/mol. The third kappa shape index (κ3) is 4.00. The molecule has 1 atom stereocenters. The number of sulfonamides is 1. The maximum absolute atomic E-state index is 13.0. The number of nitro benzene ring substituents is 1. The fraction of sp³-hybridized carbons (Fsp3) is 0.176. The minimum absolute atomic E-state index is 0.176. The topological polar surface area (TPSA) is 140 Å². The van der Waals surface area contributed by atoms with Gasteiger partial charge in [0.1, 0.15) is 17.6 Å². The van der Waals surface area contributed by atoms with E-state index in [-0.39, 0.29) is 11.6 Å². The van der Waals surface area contributed by atoms with Gasteiger partial charge in [-0.05, 0) is 24.6 Å². The summed E-state index contributed by atoms with van der Waals surface area (Å²) in [6.45, 7) is 1.68. The summed E-state index contributed by atoms with van der Waals surface area (Å²) in [7, 11) is -2.95. The van der Waals surface area contributed by atoms with Crippen molar-refractivity contribution in [3.05, 3.63) is 75.9 Å². The number of nitrogens with one attached hydrogen (secondary N) is 2. The van der Waals surface area contributed by atoms with Gasteiger partial charge in [0.05, 0.1) is 18.1 Å². The molecule has 0 aliphatic heterocycles. The van der Waals surface area contributed by atoms with Crippen LogP contribution >= 0.6 is 0 Å². The predicted octanol–water partition coefficient (Wildman–Crippen LogP) is 2.10. The normalized spacial score (nSPS) is 12.5. The van der Waals surface area contributed by atoms with E-state index >= 15 is 0 Å². The number of aryl methyl sites for hydroxylation is 1. The first kappa shape index (κ1) is 19.5. The molecule has 0 saturated carbocycles. The molecule has 1 unspecified atom stereocenters. The number of nitro groups is 1. The summed E-state index contributed by atoms with van der Waals surface area (Å²) in [5.41, 5.74) is -0.00827. The summed E-state index contributed by atoms with van der Waals surface area (Å²) in [5.74, 6) is 0.879. The molecule has 0 fully saturated rings. The maximum Gasteiger partial charge on any atom is 0.293 e. The Morgan fingerprint density at radius 1 is 1.21 bits per heavy atom. The Balaban J connectivity index is 2.07. The molecule has 0 bridgehead atoms. The summed E-state index contributed by atoms with van der Waals surface area (Å²) in [4.78, 5) is 14.3. The van der Waals surface area contributed by atoms with E-state index in [4.69, 9.17) is 4.74 Å². The van der Waals surface area contributed by atoms with Crippen molar-refractivity contribution in [2.75, 3.05) is 7.11 Å². The Bertz CT molecular complexity index is 1100. The molecule has 10 nitrogen and oxygen atoms in total. The highest BCUT2D eigenvalue weighted by molar-refractivity contribution is 7.89. The zero-order chi connectivity index (χ0) is 20.3. The Morgan fingerprint density at radius 2 is 1.93 bits per heavy atom. The van der Waals surface area contributed by atoms with Crippen LogP contribution in [0.2, 0.25) is 0 Å². The molecule has 0 aliphatic rings. The van der Waals surface area contributed by atoms with Crippen molar-refractivity contribution < 1.29 is 18.1 Å². The Kier molecular flexibility index (Phi) is 5.38. The molecule has 0 amide bonds. The summed E-state index contributed by atoms with van der Waals surface area (Å²) in [5, 5.41) is 18.1. The Hall–Kier alpha value is -3.31. The van der Waals surface area contributed by atoms with E-state index in [1.807, 2.05) is 0 Å². The fourth-order valence-corrected chi connectivity index (χ4v) is 3.95. The van der Waals surface area contributed by atoms with Gasteiger partial charge in [0.25, 0.3) is 5.69 Å². The van der Waals surface area contributed by atoms with Crippen LogP contribution in [-0.4, -0.2) is 35.6 Å². The summed E-state index contributed by atoms with van der Waals surface area (Å²) in [6.07, 6.45) is 0. The number of aromatic amines is 1. The number of H-pyrrole nitrogens is 1. The molecule has 0 radical (unpaired) electrons. The molecule has 0 saturated heterocycles. The van der Waals surface area contributed by atoms with Crippen LogP contribution < -0.4 is 9.46 Å². The van der Waals surface area contributed by atoms with Crippen LogP contribution in [0, 0.1) is 17.0 Å². The SMILES string of the molecule is COc1ccc(S(=O)(=O)NC(c2ccccc2)c2n[nH]c(C)n2)c([N+](=O)[O-])c1. The van der Waals surface area contributed by atoms with Crippen molar-refractivity contribution in [3.63, 3.8) is 0 Å². The van der Waals surface area contributed by atoms with E-state index in [0.29, 0.717) is 11.4 Å². The third-order valence-corrected chi connectivity index (χ3v) is 5.40. The average molecular weight is 403 g/mol. The summed E-state index contributed by atoms with van der Waals surface area (Å²) >= 11 is 0. The lowest BCUT2D eigenvalue weighted by Gasteiger charge is -2.16. The molecular weight excluding hydrogens is 386 g/mol. The van der Waals surface area contributed by atoms with Crippen LogP contribution in [0.15, 0.2) is 53.4 Å². The quantitative estimate of drug-likeness (QED) is 0.455. The van der Waals surface area contributed by atoms with Gasteiger partial charge < -0.3 is 4.74 Å². The van der Waals surface area contributed by atoms with Crippen molar-refractivity contribution in [3.8, 4) is 5.75 Å². The number of hydrogen-bond donors (Lipinski definition) is 2. The predicted molar refractivity (Wildman–Crippen MR) is 99.4 cm³/mol. The van der Waals surface area contributed by atoms with Crippen LogP contribution in [0.4, 0.5) is 5.69 Å². The van der Waals surface area contributed by atoms with E-state index in [9.17, 15) is 18.5 Å². The standard InChI is InChI=1S/C17H17N5O5S/c1-11-18-17(20-19-11)16(12-6-4-3-5-7-12)21-28(25,26)15-9-8-13(27-2)10-14(15)22(23)24/h3-10,16,21H,1-2H3,(H,18,19,20). The number of aromatic nitrogens is 3. The van der Waals surface area contributed by atoms with Gasteiger partial charge in [0.15, 0.2) is 10.7 Å². The molecule has 1 aromatic heterocycles. The van der Waals surface area contributed by atoms with Crippen molar-refractivity contribution in [1.82, 2.24) is 19.9 Å². The van der Waals surface area contributed by atoms with Crippen LogP contribution in [0.25, 0.3) is 0 Å². The van der Waals surface area contributed by atoms with Crippen molar-refractivity contribution in [2.45, 2.75) is 17.9 Å². The molecular formula is C17H17N5O5S. The van der Waals surface area contributed by atoms with Gasteiger partial charge in [0.2, 0.25) is 10.0 Å². The molecule has 3 aromatic rings. The first-order chi connectivity index (χ1) is 13.3. The molecule has 3 rings (SSSR count). The average Bonchev–Trinajstić information content (AvgIpc) is 3.12. The first-order valence-electron chi connectivity index (χ1n) is 8.10. The van der Waals surface area contributed by atoms with Gasteiger partial charge in [-0.2, -0.15) is 9.82 Å². The molecule has 2 N–H and O–H groups in total. The summed E-state index contributed by atoms with van der Waals surface area (Å²) in [6, 6.07) is 11.3. The highest BCUT2D eigenvalue weighted by atomic mass is 32.2.